The van der Waals surface area contributed by atoms with Crippen LogP contribution in [0.15, 0.2) is 43.1 Å². The van der Waals surface area contributed by atoms with Crippen LogP contribution in [-0.4, -0.2) is 42.8 Å². The molecule has 1 aliphatic heterocycles. The van der Waals surface area contributed by atoms with Crippen molar-refractivity contribution in [3.8, 4) is 23.4 Å². The molecule has 0 radical (unpaired) electrons. The molecular weight excluding hydrogens is 426 g/mol. The fourth-order valence-electron chi connectivity index (χ4n) is 4.31. The number of pyridine rings is 1. The third kappa shape index (κ3) is 3.53. The summed E-state index contributed by atoms with van der Waals surface area (Å²) < 4.78 is 1.88. The number of nitrogens with one attached hydrogen (secondary N) is 1. The summed E-state index contributed by atoms with van der Waals surface area (Å²) in [4.78, 5) is 18.3. The van der Waals surface area contributed by atoms with Gasteiger partial charge in [-0.3, -0.25) is 4.68 Å². The van der Waals surface area contributed by atoms with Gasteiger partial charge in [0.05, 0.1) is 36.0 Å². The van der Waals surface area contributed by atoms with Gasteiger partial charge in [-0.1, -0.05) is 11.6 Å². The molecule has 5 heterocycles. The number of hydrogen-bond acceptors (Lipinski definition) is 7. The molecule has 0 aromatic carbocycles. The van der Waals surface area contributed by atoms with Gasteiger partial charge in [0.15, 0.2) is 0 Å². The maximum Gasteiger partial charge on any atom is 0.149 e. The van der Waals surface area contributed by atoms with E-state index in [0.717, 1.165) is 47.6 Å². The lowest BCUT2D eigenvalue weighted by atomic mass is 9.96. The highest BCUT2D eigenvalue weighted by Gasteiger charge is 2.32. The van der Waals surface area contributed by atoms with E-state index in [1.807, 2.05) is 35.3 Å². The van der Waals surface area contributed by atoms with Gasteiger partial charge in [0, 0.05) is 42.4 Å². The Kier molecular flexibility index (Phi) is 5.18. The minimum Gasteiger partial charge on any atom is -0.356 e. The highest BCUT2D eigenvalue weighted by molar-refractivity contribution is 6.30. The summed E-state index contributed by atoms with van der Waals surface area (Å²) in [5.74, 6) is 0.959. The summed E-state index contributed by atoms with van der Waals surface area (Å²) in [6, 6.07) is 9.72. The largest absolute Gasteiger partial charge is 0.356 e. The summed E-state index contributed by atoms with van der Waals surface area (Å²) in [7, 11) is 0. The van der Waals surface area contributed by atoms with Crippen LogP contribution in [0.5, 0.6) is 0 Å². The normalized spacial score (nSPS) is 16.7. The first-order chi connectivity index (χ1) is 15.7. The lowest BCUT2D eigenvalue weighted by molar-refractivity contribution is 0.332. The van der Waals surface area contributed by atoms with E-state index >= 15 is 0 Å². The maximum atomic E-state index is 9.48. The molecule has 1 fully saturated rings. The highest BCUT2D eigenvalue weighted by atomic mass is 35.5. The van der Waals surface area contributed by atoms with Crippen molar-refractivity contribution in [2.45, 2.75) is 18.9 Å². The fourth-order valence-corrected chi connectivity index (χ4v) is 4.50. The van der Waals surface area contributed by atoms with Crippen molar-refractivity contribution in [1.29, 1.82) is 10.5 Å². The second kappa shape index (κ2) is 8.29. The molecule has 0 bridgehead atoms. The minimum absolute atomic E-state index is 0.0730. The van der Waals surface area contributed by atoms with E-state index in [1.54, 1.807) is 12.3 Å². The molecule has 1 saturated heterocycles. The topological polar surface area (TPSA) is 123 Å². The molecule has 0 amide bonds. The lowest BCUT2D eigenvalue weighted by Crippen LogP contribution is -2.25. The lowest BCUT2D eigenvalue weighted by Gasteiger charge is -2.23. The number of fused-ring (bicyclic) bond motifs is 1. The number of rotatable bonds is 5. The molecule has 32 heavy (non-hydrogen) atoms. The Labute approximate surface area is 188 Å². The van der Waals surface area contributed by atoms with Gasteiger partial charge in [-0.15, -0.1) is 0 Å². The first-order valence-corrected chi connectivity index (χ1v) is 10.6. The van der Waals surface area contributed by atoms with Crippen LogP contribution < -0.4 is 4.90 Å². The fraction of sp³-hybridized carbons (Fsp3) is 0.273. The molecule has 0 aliphatic carbocycles. The van der Waals surface area contributed by atoms with Crippen molar-refractivity contribution in [3.05, 3.63) is 53.8 Å². The average Bonchev–Trinajstić information content (AvgIpc) is 3.58. The van der Waals surface area contributed by atoms with Crippen molar-refractivity contribution in [2.24, 2.45) is 5.92 Å². The summed E-state index contributed by atoms with van der Waals surface area (Å²) >= 11 is 6.12. The quantitative estimate of drug-likeness (QED) is 0.466. The zero-order valence-electron chi connectivity index (χ0n) is 17.0. The van der Waals surface area contributed by atoms with Gasteiger partial charge in [-0.25, -0.2) is 15.0 Å². The molecule has 2 atom stereocenters. The molecule has 1 aliphatic rings. The van der Waals surface area contributed by atoms with Crippen LogP contribution in [0.4, 0.5) is 5.82 Å². The number of nitrogens with zero attached hydrogens (tertiary/aromatic N) is 8. The predicted octanol–water partition coefficient (Wildman–Crippen LogP) is 3.72. The Bertz CT molecular complexity index is 1360. The number of halogens is 1. The van der Waals surface area contributed by atoms with Gasteiger partial charge in [0.25, 0.3) is 0 Å². The van der Waals surface area contributed by atoms with E-state index in [-0.39, 0.29) is 17.1 Å². The van der Waals surface area contributed by atoms with Crippen LogP contribution in [0.1, 0.15) is 24.4 Å². The first-order valence-electron chi connectivity index (χ1n) is 10.2. The zero-order chi connectivity index (χ0) is 22.1. The van der Waals surface area contributed by atoms with Gasteiger partial charge >= 0.3 is 0 Å². The molecule has 158 valence electrons. The Balaban J connectivity index is 1.39. The molecule has 5 rings (SSSR count). The van der Waals surface area contributed by atoms with Crippen LogP contribution in [0, 0.1) is 28.6 Å². The van der Waals surface area contributed by atoms with Crippen LogP contribution in [0.25, 0.3) is 22.3 Å². The van der Waals surface area contributed by atoms with Gasteiger partial charge in [0.1, 0.15) is 29.0 Å². The number of hydrogen-bond donors (Lipinski definition) is 1. The smallest absolute Gasteiger partial charge is 0.149 e. The van der Waals surface area contributed by atoms with E-state index in [9.17, 15) is 5.26 Å². The van der Waals surface area contributed by atoms with Crippen LogP contribution in [0.3, 0.4) is 0 Å². The monoisotopic (exact) mass is 443 g/mol. The summed E-state index contributed by atoms with van der Waals surface area (Å²) in [5, 5.41) is 24.3. The van der Waals surface area contributed by atoms with Crippen molar-refractivity contribution < 1.29 is 0 Å². The Morgan fingerprint density at radius 2 is 2.16 bits per heavy atom. The third-order valence-electron chi connectivity index (χ3n) is 5.92. The molecular formula is C22H18ClN9. The maximum absolute atomic E-state index is 9.48. The van der Waals surface area contributed by atoms with E-state index in [1.165, 1.54) is 6.33 Å². The highest BCUT2D eigenvalue weighted by Crippen LogP contribution is 2.34. The van der Waals surface area contributed by atoms with Gasteiger partial charge in [-0.2, -0.15) is 15.6 Å². The molecule has 1 N–H and O–H groups in total. The second-order valence-electron chi connectivity index (χ2n) is 7.72. The number of H-pyrrole nitrogens is 1. The molecule has 2 unspecified atom stereocenters. The van der Waals surface area contributed by atoms with E-state index in [2.05, 4.69) is 36.0 Å². The average molecular weight is 444 g/mol. The molecule has 4 aromatic heterocycles. The second-order valence-corrected chi connectivity index (χ2v) is 8.07. The molecule has 0 saturated carbocycles. The van der Waals surface area contributed by atoms with E-state index in [0.29, 0.717) is 12.0 Å². The van der Waals surface area contributed by atoms with Crippen molar-refractivity contribution in [1.82, 2.24) is 29.7 Å². The van der Waals surface area contributed by atoms with Crippen LogP contribution in [-0.2, 0) is 0 Å². The first kappa shape index (κ1) is 20.0. The van der Waals surface area contributed by atoms with Crippen molar-refractivity contribution in [2.75, 3.05) is 18.0 Å². The molecule has 0 spiro atoms. The molecule has 10 heteroatoms. The van der Waals surface area contributed by atoms with Gasteiger partial charge in [0.2, 0.25) is 0 Å². The number of anilines is 1. The number of aromatic amines is 1. The Morgan fingerprint density at radius 1 is 1.25 bits per heavy atom. The minimum atomic E-state index is -0.0730. The Hall–Kier alpha value is -3.95. The standard InChI is InChI=1S/C22H18ClN9/c23-21-14(9-25)1-2-19(30-21)31-8-5-15(11-31)18(3-6-24)32-12-16(10-29-32)20-17-4-7-26-22(17)28-13-27-20/h1-2,4,7,10,12-13,15,18H,3,5,8,11H2,(H,26,27,28). The summed E-state index contributed by atoms with van der Waals surface area (Å²) in [6.45, 7) is 1.53. The van der Waals surface area contributed by atoms with Gasteiger partial charge in [-0.05, 0) is 24.6 Å². The third-order valence-corrected chi connectivity index (χ3v) is 6.20. The number of aromatic nitrogens is 6. The zero-order valence-corrected chi connectivity index (χ0v) is 17.7. The predicted molar refractivity (Wildman–Crippen MR) is 119 cm³/mol. The van der Waals surface area contributed by atoms with E-state index in [4.69, 9.17) is 16.9 Å². The van der Waals surface area contributed by atoms with Crippen LogP contribution >= 0.6 is 11.6 Å². The van der Waals surface area contributed by atoms with Gasteiger partial charge < -0.3 is 9.88 Å². The number of nitriles is 2. The van der Waals surface area contributed by atoms with Crippen LogP contribution in [0.2, 0.25) is 5.15 Å². The molecule has 9 nitrogen and oxygen atoms in total. The Morgan fingerprint density at radius 3 is 2.97 bits per heavy atom. The van der Waals surface area contributed by atoms with Crippen molar-refractivity contribution in [3.63, 3.8) is 0 Å². The van der Waals surface area contributed by atoms with E-state index < -0.39 is 0 Å². The SMILES string of the molecule is N#CCC(C1CCN(c2ccc(C#N)c(Cl)n2)C1)n1cc(-c2ncnc3[nH]ccc23)cn1. The summed E-state index contributed by atoms with van der Waals surface area (Å²) in [5.41, 5.74) is 2.83. The van der Waals surface area contributed by atoms with Crippen molar-refractivity contribution >= 4 is 28.5 Å². The summed E-state index contributed by atoms with van der Waals surface area (Å²) in [6.07, 6.45) is 8.36. The molecule has 4 aromatic rings.